The highest BCUT2D eigenvalue weighted by molar-refractivity contribution is 5.36. The lowest BCUT2D eigenvalue weighted by Crippen LogP contribution is -2.46. The van der Waals surface area contributed by atoms with Gasteiger partial charge in [0, 0.05) is 39.6 Å². The molecule has 0 bridgehead atoms. The van der Waals surface area contributed by atoms with Crippen LogP contribution in [0, 0.1) is 11.3 Å². The van der Waals surface area contributed by atoms with E-state index >= 15 is 0 Å². The third kappa shape index (κ3) is 2.94. The van der Waals surface area contributed by atoms with Crippen molar-refractivity contribution in [2.45, 2.75) is 18.4 Å². The lowest BCUT2D eigenvalue weighted by atomic mass is 9.94. The van der Waals surface area contributed by atoms with Gasteiger partial charge in [-0.2, -0.15) is 5.26 Å². The van der Waals surface area contributed by atoms with Gasteiger partial charge in [0.05, 0.1) is 18.0 Å². The zero-order valence-corrected chi connectivity index (χ0v) is 10.3. The van der Waals surface area contributed by atoms with Crippen LogP contribution in [0.15, 0.2) is 12.4 Å². The summed E-state index contributed by atoms with van der Waals surface area (Å²) in [7, 11) is 1.85. The summed E-state index contributed by atoms with van der Waals surface area (Å²) in [6.07, 6.45) is 4.23. The Morgan fingerprint density at radius 1 is 1.44 bits per heavy atom. The highest BCUT2D eigenvalue weighted by atomic mass is 16.5. The first kappa shape index (κ1) is 12.7. The van der Waals surface area contributed by atoms with E-state index in [-0.39, 0.29) is 5.69 Å². The zero-order chi connectivity index (χ0) is 13.0. The Morgan fingerprint density at radius 2 is 2.17 bits per heavy atom. The van der Waals surface area contributed by atoms with Crippen molar-refractivity contribution in [1.82, 2.24) is 9.97 Å². The normalized spacial score (nSPS) is 18.1. The van der Waals surface area contributed by atoms with Crippen LogP contribution in [0.4, 0.5) is 5.82 Å². The van der Waals surface area contributed by atoms with Crippen molar-refractivity contribution in [3.8, 4) is 6.07 Å². The minimum atomic E-state index is -0.734. The molecule has 1 aromatic heterocycles. The molecule has 0 unspecified atom stereocenters. The van der Waals surface area contributed by atoms with E-state index in [9.17, 15) is 5.11 Å². The number of rotatable bonds is 3. The summed E-state index contributed by atoms with van der Waals surface area (Å²) < 4.78 is 5.24. The summed E-state index contributed by atoms with van der Waals surface area (Å²) in [5.74, 6) is 0.647. The molecule has 1 saturated heterocycles. The number of ether oxygens (including phenoxy) is 1. The fraction of sp³-hybridized carbons (Fsp3) is 0.583. The third-order valence-corrected chi connectivity index (χ3v) is 3.10. The van der Waals surface area contributed by atoms with Crippen LogP contribution in [0.1, 0.15) is 18.5 Å². The van der Waals surface area contributed by atoms with Gasteiger partial charge in [-0.1, -0.05) is 0 Å². The molecule has 1 aromatic rings. The van der Waals surface area contributed by atoms with Gasteiger partial charge in [-0.05, 0) is 0 Å². The van der Waals surface area contributed by atoms with Gasteiger partial charge in [0.2, 0.25) is 0 Å². The topological polar surface area (TPSA) is 82.3 Å². The van der Waals surface area contributed by atoms with Crippen molar-refractivity contribution in [3.05, 3.63) is 18.1 Å². The van der Waals surface area contributed by atoms with Gasteiger partial charge in [-0.15, -0.1) is 0 Å². The molecular weight excluding hydrogens is 232 g/mol. The molecule has 2 heterocycles. The summed E-state index contributed by atoms with van der Waals surface area (Å²) >= 11 is 0. The van der Waals surface area contributed by atoms with E-state index in [0.717, 1.165) is 0 Å². The highest BCUT2D eigenvalue weighted by Crippen LogP contribution is 2.22. The molecule has 96 valence electrons. The van der Waals surface area contributed by atoms with Gasteiger partial charge in [0.15, 0.2) is 5.69 Å². The molecule has 0 amide bonds. The van der Waals surface area contributed by atoms with E-state index in [0.29, 0.717) is 38.4 Å². The Hall–Kier alpha value is -1.71. The third-order valence-electron chi connectivity index (χ3n) is 3.10. The number of likely N-dealkylation sites (N-methyl/N-ethyl adjacent to an activating group) is 1. The molecule has 0 aromatic carbocycles. The maximum absolute atomic E-state index is 10.4. The van der Waals surface area contributed by atoms with Gasteiger partial charge in [-0.25, -0.2) is 9.97 Å². The molecule has 1 fully saturated rings. The van der Waals surface area contributed by atoms with Crippen LogP contribution in [0.2, 0.25) is 0 Å². The molecule has 18 heavy (non-hydrogen) atoms. The van der Waals surface area contributed by atoms with Crippen LogP contribution in [0.5, 0.6) is 0 Å². The highest BCUT2D eigenvalue weighted by Gasteiger charge is 2.31. The monoisotopic (exact) mass is 248 g/mol. The van der Waals surface area contributed by atoms with E-state index in [1.54, 1.807) is 6.20 Å². The second-order valence-electron chi connectivity index (χ2n) is 4.56. The Bertz CT molecular complexity index is 434. The van der Waals surface area contributed by atoms with Crippen LogP contribution in [-0.2, 0) is 4.74 Å². The first-order valence-electron chi connectivity index (χ1n) is 5.86. The first-order valence-corrected chi connectivity index (χ1v) is 5.86. The predicted molar refractivity (Wildman–Crippen MR) is 65.0 cm³/mol. The smallest absolute Gasteiger partial charge is 0.158 e. The Balaban J connectivity index is 2.02. The van der Waals surface area contributed by atoms with Crippen molar-refractivity contribution in [1.29, 1.82) is 5.26 Å². The molecule has 0 aliphatic carbocycles. The summed E-state index contributed by atoms with van der Waals surface area (Å²) in [6.45, 7) is 1.66. The maximum atomic E-state index is 10.4. The number of aliphatic hydroxyl groups is 1. The molecule has 6 heteroatoms. The van der Waals surface area contributed by atoms with E-state index in [1.807, 2.05) is 18.0 Å². The van der Waals surface area contributed by atoms with Crippen molar-refractivity contribution < 1.29 is 9.84 Å². The predicted octanol–water partition coefficient (Wildman–Crippen LogP) is 0.326. The minimum Gasteiger partial charge on any atom is -0.388 e. The fourth-order valence-corrected chi connectivity index (χ4v) is 2.01. The van der Waals surface area contributed by atoms with Crippen molar-refractivity contribution >= 4 is 5.82 Å². The van der Waals surface area contributed by atoms with Gasteiger partial charge >= 0.3 is 0 Å². The lowest BCUT2D eigenvalue weighted by Gasteiger charge is -2.35. The molecule has 0 spiro atoms. The molecular formula is C12H16N4O2. The number of aromatic nitrogens is 2. The van der Waals surface area contributed by atoms with Crippen LogP contribution in [0.25, 0.3) is 0 Å². The molecule has 6 nitrogen and oxygen atoms in total. The summed E-state index contributed by atoms with van der Waals surface area (Å²) in [5, 5.41) is 19.0. The summed E-state index contributed by atoms with van der Waals surface area (Å²) in [6, 6.07) is 1.92. The SMILES string of the molecule is CN(CC1(O)CCOCC1)c1cnc(C#N)cn1. The molecule has 0 saturated carbocycles. The number of hydrogen-bond acceptors (Lipinski definition) is 6. The van der Waals surface area contributed by atoms with E-state index in [1.165, 1.54) is 6.20 Å². The molecule has 1 aliphatic heterocycles. The average molecular weight is 248 g/mol. The van der Waals surface area contributed by atoms with E-state index in [2.05, 4.69) is 9.97 Å². The molecule has 1 N–H and O–H groups in total. The van der Waals surface area contributed by atoms with Crippen molar-refractivity contribution in [2.24, 2.45) is 0 Å². The summed E-state index contributed by atoms with van der Waals surface area (Å²) in [5.41, 5.74) is -0.445. The Labute approximate surface area is 106 Å². The second kappa shape index (κ2) is 5.29. The van der Waals surface area contributed by atoms with E-state index < -0.39 is 5.60 Å². The van der Waals surface area contributed by atoms with Crippen LogP contribution < -0.4 is 4.90 Å². The largest absolute Gasteiger partial charge is 0.388 e. The van der Waals surface area contributed by atoms with Crippen molar-refractivity contribution in [3.63, 3.8) is 0 Å². The fourth-order valence-electron chi connectivity index (χ4n) is 2.01. The van der Waals surface area contributed by atoms with Gasteiger partial charge in [0.1, 0.15) is 11.9 Å². The summed E-state index contributed by atoms with van der Waals surface area (Å²) in [4.78, 5) is 9.95. The van der Waals surface area contributed by atoms with Crippen LogP contribution >= 0.6 is 0 Å². The number of anilines is 1. The van der Waals surface area contributed by atoms with Crippen LogP contribution in [0.3, 0.4) is 0 Å². The Morgan fingerprint density at radius 3 is 2.72 bits per heavy atom. The molecule has 0 atom stereocenters. The van der Waals surface area contributed by atoms with Gasteiger partial charge in [0.25, 0.3) is 0 Å². The van der Waals surface area contributed by atoms with E-state index in [4.69, 9.17) is 10.00 Å². The van der Waals surface area contributed by atoms with Crippen molar-refractivity contribution in [2.75, 3.05) is 31.7 Å². The first-order chi connectivity index (χ1) is 8.63. The Kier molecular flexibility index (Phi) is 3.75. The van der Waals surface area contributed by atoms with Gasteiger partial charge < -0.3 is 14.7 Å². The maximum Gasteiger partial charge on any atom is 0.158 e. The quantitative estimate of drug-likeness (QED) is 0.829. The van der Waals surface area contributed by atoms with Gasteiger partial charge in [-0.3, -0.25) is 0 Å². The number of nitriles is 1. The number of hydrogen-bond donors (Lipinski definition) is 1. The van der Waals surface area contributed by atoms with Crippen LogP contribution in [-0.4, -0.2) is 47.5 Å². The lowest BCUT2D eigenvalue weighted by molar-refractivity contribution is -0.0573. The molecule has 1 aliphatic rings. The minimum absolute atomic E-state index is 0.289. The molecule has 0 radical (unpaired) electrons. The standard InChI is InChI=1S/C12H16N4O2/c1-16(9-12(17)2-4-18-5-3-12)11-8-14-10(6-13)7-15-11/h7-8,17H,2-5,9H2,1H3. The zero-order valence-electron chi connectivity index (χ0n) is 10.3. The molecule has 2 rings (SSSR count). The second-order valence-corrected chi connectivity index (χ2v) is 4.56. The number of nitrogens with zero attached hydrogens (tertiary/aromatic N) is 4. The average Bonchev–Trinajstić information content (AvgIpc) is 2.39.